The second-order valence-electron chi connectivity index (χ2n) is 4.14. The number of nitro benzene ring substituents is 1. The number of hydrogen-bond acceptors (Lipinski definition) is 4. The zero-order valence-electron chi connectivity index (χ0n) is 10.4. The topological polar surface area (TPSA) is 73.8 Å². The molecule has 20 heavy (non-hydrogen) atoms. The van der Waals surface area contributed by atoms with Crippen LogP contribution in [-0.4, -0.2) is 19.7 Å². The summed E-state index contributed by atoms with van der Waals surface area (Å²) < 4.78 is 1.59. The Morgan fingerprint density at radius 3 is 2.70 bits per heavy atom. The first-order valence-corrected chi connectivity index (χ1v) is 5.96. The highest BCUT2D eigenvalue weighted by Crippen LogP contribution is 2.19. The van der Waals surface area contributed by atoms with Crippen molar-refractivity contribution in [2.24, 2.45) is 0 Å². The lowest BCUT2D eigenvalue weighted by molar-refractivity contribution is -0.384. The fraction of sp³-hybridized carbons (Fsp3) is 0. The summed E-state index contributed by atoms with van der Waals surface area (Å²) in [5.74, 6) is 0. The summed E-state index contributed by atoms with van der Waals surface area (Å²) in [5.41, 5.74) is 2.16. The van der Waals surface area contributed by atoms with E-state index in [-0.39, 0.29) is 5.69 Å². The summed E-state index contributed by atoms with van der Waals surface area (Å²) in [6.45, 7) is 0. The van der Waals surface area contributed by atoms with Gasteiger partial charge in [0.25, 0.3) is 5.69 Å². The predicted octanol–water partition coefficient (Wildman–Crippen LogP) is 2.84. The molecule has 0 aliphatic rings. The van der Waals surface area contributed by atoms with Gasteiger partial charge in [-0.25, -0.2) is 4.68 Å². The molecule has 0 unspecified atom stereocenters. The zero-order valence-corrected chi connectivity index (χ0v) is 10.4. The third-order valence-electron chi connectivity index (χ3n) is 2.82. The van der Waals surface area contributed by atoms with E-state index in [9.17, 15) is 10.1 Å². The van der Waals surface area contributed by atoms with E-state index in [0.29, 0.717) is 5.69 Å². The van der Waals surface area contributed by atoms with E-state index in [1.165, 1.54) is 12.1 Å². The molecule has 2 heterocycles. The van der Waals surface area contributed by atoms with Crippen molar-refractivity contribution in [1.29, 1.82) is 0 Å². The summed E-state index contributed by atoms with van der Waals surface area (Å²) in [4.78, 5) is 14.6. The normalized spacial score (nSPS) is 10.4. The molecule has 0 N–H and O–H groups in total. The lowest BCUT2D eigenvalue weighted by Crippen LogP contribution is -1.97. The van der Waals surface area contributed by atoms with Crippen molar-refractivity contribution in [3.63, 3.8) is 0 Å². The standard InChI is InChI=1S/C14H10N4O2/c19-18(20)12-5-3-4-11(10-12)17-9-7-14(16-17)13-6-1-2-8-15-13/h1-10H. The van der Waals surface area contributed by atoms with Crippen LogP contribution < -0.4 is 0 Å². The summed E-state index contributed by atoms with van der Waals surface area (Å²) in [5, 5.41) is 15.2. The molecule has 0 saturated heterocycles. The molecule has 6 nitrogen and oxygen atoms in total. The minimum Gasteiger partial charge on any atom is -0.258 e. The number of nitrogens with zero attached hydrogens (tertiary/aromatic N) is 4. The Bertz CT molecular complexity index is 753. The van der Waals surface area contributed by atoms with Crippen molar-refractivity contribution in [2.75, 3.05) is 0 Å². The molecular weight excluding hydrogens is 256 g/mol. The number of pyridine rings is 1. The highest BCUT2D eigenvalue weighted by Gasteiger charge is 2.09. The molecule has 0 aliphatic carbocycles. The molecule has 0 amide bonds. The van der Waals surface area contributed by atoms with Crippen LogP contribution in [0.25, 0.3) is 17.1 Å². The molecule has 3 rings (SSSR count). The van der Waals surface area contributed by atoms with E-state index in [1.54, 1.807) is 29.2 Å². The van der Waals surface area contributed by atoms with Crippen LogP contribution in [0.1, 0.15) is 0 Å². The highest BCUT2D eigenvalue weighted by atomic mass is 16.6. The van der Waals surface area contributed by atoms with Crippen LogP contribution in [0, 0.1) is 10.1 Å². The van der Waals surface area contributed by atoms with Crippen LogP contribution in [-0.2, 0) is 0 Å². The monoisotopic (exact) mass is 266 g/mol. The van der Waals surface area contributed by atoms with Gasteiger partial charge in [0.15, 0.2) is 0 Å². The Morgan fingerprint density at radius 2 is 1.95 bits per heavy atom. The fourth-order valence-electron chi connectivity index (χ4n) is 1.87. The molecule has 0 saturated carbocycles. The van der Waals surface area contributed by atoms with Crippen LogP contribution in [0.5, 0.6) is 0 Å². The van der Waals surface area contributed by atoms with Gasteiger partial charge in [-0.1, -0.05) is 12.1 Å². The van der Waals surface area contributed by atoms with E-state index >= 15 is 0 Å². The Labute approximate surface area is 114 Å². The maximum Gasteiger partial charge on any atom is 0.271 e. The molecule has 0 atom stereocenters. The van der Waals surface area contributed by atoms with Crippen LogP contribution in [0.2, 0.25) is 0 Å². The molecule has 0 spiro atoms. The van der Waals surface area contributed by atoms with Gasteiger partial charge in [-0.15, -0.1) is 0 Å². The van der Waals surface area contributed by atoms with Gasteiger partial charge in [0.05, 0.1) is 16.3 Å². The summed E-state index contributed by atoms with van der Waals surface area (Å²) in [7, 11) is 0. The van der Waals surface area contributed by atoms with E-state index in [0.717, 1.165) is 11.4 Å². The summed E-state index contributed by atoms with van der Waals surface area (Å²) >= 11 is 0. The molecule has 3 aromatic rings. The smallest absolute Gasteiger partial charge is 0.258 e. The summed E-state index contributed by atoms with van der Waals surface area (Å²) in [6.07, 6.45) is 3.45. The third-order valence-corrected chi connectivity index (χ3v) is 2.82. The van der Waals surface area contributed by atoms with Gasteiger partial charge in [-0.2, -0.15) is 5.10 Å². The largest absolute Gasteiger partial charge is 0.271 e. The third kappa shape index (κ3) is 2.26. The average Bonchev–Trinajstić information content (AvgIpc) is 2.98. The van der Waals surface area contributed by atoms with Crippen LogP contribution in [0.3, 0.4) is 0 Å². The van der Waals surface area contributed by atoms with Gasteiger partial charge in [0.2, 0.25) is 0 Å². The maximum absolute atomic E-state index is 10.8. The quantitative estimate of drug-likeness (QED) is 0.539. The molecule has 98 valence electrons. The number of rotatable bonds is 3. The minimum absolute atomic E-state index is 0.0392. The molecular formula is C14H10N4O2. The molecule has 0 aliphatic heterocycles. The van der Waals surface area contributed by atoms with Gasteiger partial charge in [-0.05, 0) is 24.3 Å². The molecule has 2 aromatic heterocycles. The average molecular weight is 266 g/mol. The Kier molecular flexibility index (Phi) is 2.96. The molecule has 1 aromatic carbocycles. The van der Waals surface area contributed by atoms with Crippen molar-refractivity contribution in [2.45, 2.75) is 0 Å². The molecule has 0 bridgehead atoms. The van der Waals surface area contributed by atoms with Crippen LogP contribution in [0.15, 0.2) is 60.9 Å². The maximum atomic E-state index is 10.8. The molecule has 6 heteroatoms. The van der Waals surface area contributed by atoms with Crippen molar-refractivity contribution >= 4 is 5.69 Å². The SMILES string of the molecule is O=[N+]([O-])c1cccc(-n2ccc(-c3ccccn3)n2)c1. The Balaban J connectivity index is 1.98. The Hall–Kier alpha value is -3.02. The second-order valence-corrected chi connectivity index (χ2v) is 4.14. The second kappa shape index (κ2) is 4.93. The number of non-ortho nitro benzene ring substituents is 1. The van der Waals surface area contributed by atoms with Gasteiger partial charge < -0.3 is 0 Å². The molecule has 0 fully saturated rings. The van der Waals surface area contributed by atoms with Gasteiger partial charge in [0.1, 0.15) is 5.69 Å². The van der Waals surface area contributed by atoms with Crippen LogP contribution in [0.4, 0.5) is 5.69 Å². The van der Waals surface area contributed by atoms with Crippen LogP contribution >= 0.6 is 0 Å². The van der Waals surface area contributed by atoms with Gasteiger partial charge >= 0.3 is 0 Å². The lowest BCUT2D eigenvalue weighted by atomic mass is 10.3. The first-order valence-electron chi connectivity index (χ1n) is 5.96. The number of aromatic nitrogens is 3. The lowest BCUT2D eigenvalue weighted by Gasteiger charge is -2.00. The van der Waals surface area contributed by atoms with E-state index in [4.69, 9.17) is 0 Å². The summed E-state index contributed by atoms with van der Waals surface area (Å²) in [6, 6.07) is 13.7. The van der Waals surface area contributed by atoms with Gasteiger partial charge in [0, 0.05) is 24.5 Å². The van der Waals surface area contributed by atoms with Gasteiger partial charge in [-0.3, -0.25) is 15.1 Å². The molecule has 0 radical (unpaired) electrons. The minimum atomic E-state index is -0.424. The zero-order chi connectivity index (χ0) is 13.9. The number of nitro groups is 1. The van der Waals surface area contributed by atoms with E-state index in [1.807, 2.05) is 24.3 Å². The van der Waals surface area contributed by atoms with E-state index in [2.05, 4.69) is 10.1 Å². The predicted molar refractivity (Wildman–Crippen MR) is 73.4 cm³/mol. The fourth-order valence-corrected chi connectivity index (χ4v) is 1.87. The van der Waals surface area contributed by atoms with Crippen molar-refractivity contribution in [3.8, 4) is 17.1 Å². The van der Waals surface area contributed by atoms with E-state index < -0.39 is 4.92 Å². The first kappa shape index (κ1) is 12.0. The van der Waals surface area contributed by atoms with Crippen molar-refractivity contribution < 1.29 is 4.92 Å². The number of hydrogen-bond donors (Lipinski definition) is 0. The van der Waals surface area contributed by atoms with Crippen molar-refractivity contribution in [3.05, 3.63) is 71.0 Å². The first-order chi connectivity index (χ1) is 9.74. The van der Waals surface area contributed by atoms with Crippen molar-refractivity contribution in [1.82, 2.24) is 14.8 Å². The Morgan fingerprint density at radius 1 is 1.05 bits per heavy atom. The highest BCUT2D eigenvalue weighted by molar-refractivity contribution is 5.54. The number of benzene rings is 1.